The summed E-state index contributed by atoms with van der Waals surface area (Å²) < 4.78 is 24.5. The van der Waals surface area contributed by atoms with Gasteiger partial charge in [0.25, 0.3) is 11.8 Å². The molecule has 1 saturated carbocycles. The Morgan fingerprint density at radius 3 is 2.41 bits per heavy atom. The van der Waals surface area contributed by atoms with Crippen LogP contribution in [0.15, 0.2) is 53.7 Å². The van der Waals surface area contributed by atoms with Crippen LogP contribution in [0, 0.1) is 29.5 Å². The second-order valence-electron chi connectivity index (χ2n) is 8.17. The van der Waals surface area contributed by atoms with Gasteiger partial charge in [-0.15, -0.1) is 0 Å². The highest BCUT2D eigenvalue weighted by Crippen LogP contribution is 2.52. The third-order valence-electron chi connectivity index (χ3n) is 6.32. The molecule has 2 aromatic rings. The summed E-state index contributed by atoms with van der Waals surface area (Å²) in [6.07, 6.45) is 6.32. The maximum Gasteiger partial charge on any atom is 0.254 e. The highest BCUT2D eigenvalue weighted by atomic mass is 35.5. The summed E-state index contributed by atoms with van der Waals surface area (Å²) in [6.45, 7) is 0.153. The fourth-order valence-electron chi connectivity index (χ4n) is 4.85. The molecular weight excluding hydrogens is 435 g/mol. The summed E-state index contributed by atoms with van der Waals surface area (Å²) >= 11 is 6.22. The number of benzene rings is 2. The molecule has 5 rings (SSSR count). The highest BCUT2D eigenvalue weighted by molar-refractivity contribution is 6.31. The Bertz CT molecular complexity index is 1120. The molecule has 2 bridgehead atoms. The zero-order valence-electron chi connectivity index (χ0n) is 17.2. The van der Waals surface area contributed by atoms with Crippen molar-refractivity contribution in [2.75, 3.05) is 7.11 Å². The van der Waals surface area contributed by atoms with Crippen molar-refractivity contribution >= 4 is 29.6 Å². The normalized spacial score (nSPS) is 25.8. The van der Waals surface area contributed by atoms with Crippen LogP contribution < -0.4 is 9.47 Å². The molecule has 3 aliphatic rings. The van der Waals surface area contributed by atoms with Crippen LogP contribution in [0.1, 0.15) is 17.5 Å². The number of allylic oxidation sites excluding steroid dienone is 2. The number of hydrogen-bond acceptors (Lipinski definition) is 5. The zero-order chi connectivity index (χ0) is 22.4. The number of methoxy groups -OCH3 is 1. The van der Waals surface area contributed by atoms with Crippen LogP contribution in [0.2, 0.25) is 5.02 Å². The van der Waals surface area contributed by atoms with Crippen LogP contribution in [0.3, 0.4) is 0 Å². The second-order valence-corrected chi connectivity index (χ2v) is 8.61. The predicted octanol–water partition coefficient (Wildman–Crippen LogP) is 4.21. The Hall–Kier alpha value is -3.19. The Balaban J connectivity index is 1.41. The smallest absolute Gasteiger partial charge is 0.254 e. The predicted molar refractivity (Wildman–Crippen MR) is 116 cm³/mol. The molecule has 6 nitrogen and oxygen atoms in total. The minimum atomic E-state index is -0.334. The van der Waals surface area contributed by atoms with Gasteiger partial charge in [-0.25, -0.2) is 4.39 Å². The van der Waals surface area contributed by atoms with Gasteiger partial charge in [0.2, 0.25) is 0 Å². The molecule has 1 aliphatic heterocycles. The molecule has 1 saturated heterocycles. The van der Waals surface area contributed by atoms with Gasteiger partial charge < -0.3 is 9.47 Å². The number of imide groups is 1. The van der Waals surface area contributed by atoms with Crippen molar-refractivity contribution in [3.8, 4) is 11.5 Å². The van der Waals surface area contributed by atoms with Crippen molar-refractivity contribution in [3.05, 3.63) is 70.5 Å². The van der Waals surface area contributed by atoms with E-state index in [4.69, 9.17) is 21.1 Å². The Morgan fingerprint density at radius 2 is 1.78 bits per heavy atom. The number of fused-ring (bicyclic) bond motifs is 5. The molecule has 164 valence electrons. The molecule has 32 heavy (non-hydrogen) atoms. The monoisotopic (exact) mass is 454 g/mol. The van der Waals surface area contributed by atoms with Crippen molar-refractivity contribution in [1.29, 1.82) is 0 Å². The molecule has 0 radical (unpaired) electrons. The van der Waals surface area contributed by atoms with E-state index in [1.54, 1.807) is 24.3 Å². The topological polar surface area (TPSA) is 68.2 Å². The lowest BCUT2D eigenvalue weighted by Gasteiger charge is -2.15. The molecule has 8 heteroatoms. The molecule has 4 atom stereocenters. The van der Waals surface area contributed by atoms with Crippen LogP contribution in [-0.2, 0) is 16.2 Å². The summed E-state index contributed by atoms with van der Waals surface area (Å²) in [5.41, 5.74) is 1.21. The zero-order valence-corrected chi connectivity index (χ0v) is 18.0. The summed E-state index contributed by atoms with van der Waals surface area (Å²) in [6, 6.07) is 9.15. The number of ether oxygens (including phenoxy) is 2. The molecule has 0 aromatic heterocycles. The molecule has 0 spiro atoms. The van der Waals surface area contributed by atoms with Gasteiger partial charge >= 0.3 is 0 Å². The van der Waals surface area contributed by atoms with Gasteiger partial charge in [-0.05, 0) is 42.0 Å². The van der Waals surface area contributed by atoms with Crippen molar-refractivity contribution in [2.45, 2.75) is 13.0 Å². The van der Waals surface area contributed by atoms with Crippen LogP contribution in [0.5, 0.6) is 11.5 Å². The third kappa shape index (κ3) is 3.46. The van der Waals surface area contributed by atoms with Gasteiger partial charge in [-0.3, -0.25) is 9.59 Å². The van der Waals surface area contributed by atoms with E-state index >= 15 is 0 Å². The number of hydrogen-bond donors (Lipinski definition) is 0. The molecule has 2 fully saturated rings. The van der Waals surface area contributed by atoms with E-state index < -0.39 is 0 Å². The van der Waals surface area contributed by atoms with Gasteiger partial charge in [0.15, 0.2) is 11.5 Å². The summed E-state index contributed by atoms with van der Waals surface area (Å²) in [7, 11) is 1.48. The first-order valence-electron chi connectivity index (χ1n) is 10.3. The van der Waals surface area contributed by atoms with Crippen LogP contribution in [0.25, 0.3) is 0 Å². The lowest BCUT2D eigenvalue weighted by Crippen LogP contribution is -2.28. The lowest BCUT2D eigenvalue weighted by atomic mass is 9.85. The Morgan fingerprint density at radius 1 is 1.12 bits per heavy atom. The number of rotatable bonds is 6. The molecule has 2 amide bonds. The van der Waals surface area contributed by atoms with Crippen molar-refractivity contribution in [3.63, 3.8) is 0 Å². The molecular formula is C24H20ClFN2O4. The minimum Gasteiger partial charge on any atom is -0.493 e. The fraction of sp³-hybridized carbons (Fsp3) is 0.292. The fourth-order valence-corrected chi connectivity index (χ4v) is 5.06. The molecule has 0 unspecified atom stereocenters. The standard InChI is InChI=1S/C24H20ClFN2O4/c1-31-19-10-17(25)9-16(22(19)32-12-13-2-6-18(26)7-3-13)11-27-28-23(29)20-14-4-5-15(8-14)21(20)24(28)30/h2-7,9-11,14-15,20-21H,8,12H2,1H3/t14-,15-,20-,21+/m0/s1. The molecule has 0 N–H and O–H groups in total. The van der Waals surface area contributed by atoms with E-state index in [0.717, 1.165) is 17.0 Å². The van der Waals surface area contributed by atoms with E-state index in [-0.39, 0.29) is 47.9 Å². The quantitative estimate of drug-likeness (QED) is 0.372. The van der Waals surface area contributed by atoms with Crippen molar-refractivity contribution in [2.24, 2.45) is 28.8 Å². The first kappa shape index (κ1) is 20.7. The first-order valence-corrected chi connectivity index (χ1v) is 10.7. The van der Waals surface area contributed by atoms with E-state index in [2.05, 4.69) is 5.10 Å². The minimum absolute atomic E-state index is 0.113. The summed E-state index contributed by atoms with van der Waals surface area (Å²) in [5.74, 6) is -0.559. The van der Waals surface area contributed by atoms with E-state index in [1.807, 2.05) is 12.2 Å². The number of hydrazone groups is 1. The van der Waals surface area contributed by atoms with Gasteiger partial charge in [-0.2, -0.15) is 10.1 Å². The van der Waals surface area contributed by atoms with Crippen molar-refractivity contribution in [1.82, 2.24) is 5.01 Å². The van der Waals surface area contributed by atoms with Gasteiger partial charge in [0.05, 0.1) is 25.2 Å². The highest BCUT2D eigenvalue weighted by Gasteiger charge is 2.59. The van der Waals surface area contributed by atoms with Gasteiger partial charge in [-0.1, -0.05) is 35.9 Å². The maximum absolute atomic E-state index is 13.2. The number of nitrogens with zero attached hydrogens (tertiary/aromatic N) is 2. The van der Waals surface area contributed by atoms with Gasteiger partial charge in [0, 0.05) is 16.7 Å². The maximum atomic E-state index is 13.2. The van der Waals surface area contributed by atoms with E-state index in [9.17, 15) is 14.0 Å². The molecule has 2 aliphatic carbocycles. The van der Waals surface area contributed by atoms with Crippen LogP contribution in [-0.4, -0.2) is 30.1 Å². The summed E-state index contributed by atoms with van der Waals surface area (Å²) in [4.78, 5) is 25.7. The number of halogens is 2. The van der Waals surface area contributed by atoms with Crippen molar-refractivity contribution < 1.29 is 23.5 Å². The average Bonchev–Trinajstić information content (AvgIpc) is 3.46. The average molecular weight is 455 g/mol. The summed E-state index contributed by atoms with van der Waals surface area (Å²) in [5, 5.41) is 5.57. The number of carbonyl (C=O) groups excluding carboxylic acids is 2. The third-order valence-corrected chi connectivity index (χ3v) is 6.54. The molecule has 1 heterocycles. The van der Waals surface area contributed by atoms with E-state index in [1.165, 1.54) is 25.5 Å². The molecule has 2 aromatic carbocycles. The van der Waals surface area contributed by atoms with Crippen LogP contribution >= 0.6 is 11.6 Å². The Labute approximate surface area is 189 Å². The van der Waals surface area contributed by atoms with Gasteiger partial charge in [0.1, 0.15) is 12.4 Å². The van der Waals surface area contributed by atoms with Crippen LogP contribution in [0.4, 0.5) is 4.39 Å². The first-order chi connectivity index (χ1) is 15.5. The second kappa shape index (κ2) is 8.06. The number of carbonyl (C=O) groups is 2. The lowest BCUT2D eigenvalue weighted by molar-refractivity contribution is -0.140. The van der Waals surface area contributed by atoms with E-state index in [0.29, 0.717) is 22.1 Å². The largest absolute Gasteiger partial charge is 0.493 e. The SMILES string of the molecule is COc1cc(Cl)cc(C=NN2C(=O)[C@@H]3[C@H](C2=O)[C@H]2C=C[C@H]3C2)c1OCc1ccc(F)cc1. The Kier molecular flexibility index (Phi) is 5.21. The number of amides is 2.